The Morgan fingerprint density at radius 2 is 1.82 bits per heavy atom. The van der Waals surface area contributed by atoms with Gasteiger partial charge in [0, 0.05) is 6.04 Å². The van der Waals surface area contributed by atoms with Crippen LogP contribution in [0.1, 0.15) is 35.8 Å². The molecular weight excluding hydrogens is 451 g/mol. The molecule has 2 heterocycles. The van der Waals surface area contributed by atoms with Crippen molar-refractivity contribution in [3.63, 3.8) is 0 Å². The lowest BCUT2D eigenvalue weighted by Crippen LogP contribution is -2.16. The van der Waals surface area contributed by atoms with Crippen LogP contribution in [0, 0.1) is 26.6 Å². The van der Waals surface area contributed by atoms with Gasteiger partial charge in [-0.1, -0.05) is 41.6 Å². The zero-order valence-electron chi connectivity index (χ0n) is 19.2. The zero-order chi connectivity index (χ0) is 23.8. The van der Waals surface area contributed by atoms with E-state index >= 15 is 0 Å². The molecule has 4 aromatic rings. The molecule has 0 spiro atoms. The molecule has 1 amide bonds. The molecule has 9 heteroatoms. The Balaban J connectivity index is 1.31. The van der Waals surface area contributed by atoms with Crippen LogP contribution in [0.2, 0.25) is 0 Å². The zero-order valence-corrected chi connectivity index (χ0v) is 20.1. The van der Waals surface area contributed by atoms with Gasteiger partial charge in [0.05, 0.1) is 34.1 Å². The number of nitrogens with zero attached hydrogens (tertiary/aromatic N) is 5. The first-order chi connectivity index (χ1) is 16.4. The molecule has 0 unspecified atom stereocenters. The van der Waals surface area contributed by atoms with E-state index in [1.54, 1.807) is 18.2 Å². The van der Waals surface area contributed by atoms with Crippen LogP contribution in [-0.4, -0.2) is 36.2 Å². The summed E-state index contributed by atoms with van der Waals surface area (Å²) in [6, 6.07) is 14.9. The van der Waals surface area contributed by atoms with Gasteiger partial charge in [-0.3, -0.25) is 9.36 Å². The Bertz CT molecular complexity index is 1360. The highest BCUT2D eigenvalue weighted by molar-refractivity contribution is 7.99. The minimum Gasteiger partial charge on any atom is -0.322 e. The molecular formula is C25H25FN6OS. The number of halogens is 1. The van der Waals surface area contributed by atoms with Crippen LogP contribution in [-0.2, 0) is 4.79 Å². The molecule has 1 aliphatic rings. The molecule has 0 aliphatic heterocycles. The molecule has 1 aliphatic carbocycles. The van der Waals surface area contributed by atoms with E-state index in [0.717, 1.165) is 29.9 Å². The van der Waals surface area contributed by atoms with Crippen molar-refractivity contribution >= 4 is 23.4 Å². The molecule has 7 nitrogen and oxygen atoms in total. The number of hydrogen-bond donors (Lipinski definition) is 1. The molecule has 2 aromatic carbocycles. The average Bonchev–Trinajstić information content (AvgIpc) is 3.52. The van der Waals surface area contributed by atoms with Gasteiger partial charge < -0.3 is 5.32 Å². The van der Waals surface area contributed by atoms with E-state index in [-0.39, 0.29) is 23.5 Å². The van der Waals surface area contributed by atoms with Gasteiger partial charge in [-0.05, 0) is 57.9 Å². The monoisotopic (exact) mass is 476 g/mol. The van der Waals surface area contributed by atoms with Crippen molar-refractivity contribution in [2.45, 2.75) is 44.8 Å². The fourth-order valence-electron chi connectivity index (χ4n) is 3.93. The summed E-state index contributed by atoms with van der Waals surface area (Å²) >= 11 is 1.31. The van der Waals surface area contributed by atoms with Gasteiger partial charge in [-0.15, -0.1) is 10.2 Å². The minimum absolute atomic E-state index is 0.155. The molecule has 0 bridgehead atoms. The maximum absolute atomic E-state index is 14.4. The van der Waals surface area contributed by atoms with Crippen LogP contribution < -0.4 is 5.32 Å². The summed E-state index contributed by atoms with van der Waals surface area (Å²) in [5.74, 6) is 0.186. The lowest BCUT2D eigenvalue weighted by Gasteiger charge is -2.10. The van der Waals surface area contributed by atoms with Gasteiger partial charge in [-0.2, -0.15) is 5.10 Å². The van der Waals surface area contributed by atoms with Crippen molar-refractivity contribution in [1.82, 2.24) is 24.5 Å². The molecule has 2 aromatic heterocycles. The standard InChI is InChI=1S/C25H25FN6OS/c1-15-8-10-19(11-9-15)32-17(3)23(16(2)30-32)27-22(33)14-34-25-29-28-24(31(25)18-12-13-18)20-6-4-5-7-21(20)26/h4-11,18H,12-14H2,1-3H3,(H,27,33). The second-order valence-corrected chi connectivity index (χ2v) is 9.46. The number of amides is 1. The number of rotatable bonds is 7. The normalized spacial score (nSPS) is 13.3. The molecule has 0 radical (unpaired) electrons. The summed E-state index contributed by atoms with van der Waals surface area (Å²) in [6.07, 6.45) is 1.99. The average molecular weight is 477 g/mol. The SMILES string of the molecule is Cc1ccc(-n2nc(C)c(NC(=O)CSc3nnc(-c4ccccc4F)n3C3CC3)c2C)cc1. The number of hydrogen-bond acceptors (Lipinski definition) is 5. The maximum Gasteiger partial charge on any atom is 0.234 e. The third-order valence-electron chi connectivity index (χ3n) is 5.86. The highest BCUT2D eigenvalue weighted by Crippen LogP contribution is 2.41. The number of benzene rings is 2. The number of thioether (sulfide) groups is 1. The molecule has 1 fully saturated rings. The Kier molecular flexibility index (Phi) is 5.95. The van der Waals surface area contributed by atoms with Gasteiger partial charge >= 0.3 is 0 Å². The van der Waals surface area contributed by atoms with Gasteiger partial charge in [0.2, 0.25) is 5.91 Å². The quantitative estimate of drug-likeness (QED) is 0.368. The molecule has 1 saturated carbocycles. The van der Waals surface area contributed by atoms with Crippen molar-refractivity contribution in [3.8, 4) is 17.1 Å². The van der Waals surface area contributed by atoms with Crippen molar-refractivity contribution in [2.24, 2.45) is 0 Å². The van der Waals surface area contributed by atoms with E-state index in [9.17, 15) is 9.18 Å². The summed E-state index contributed by atoms with van der Waals surface area (Å²) in [5, 5.41) is 16.8. The first-order valence-electron chi connectivity index (χ1n) is 11.2. The summed E-state index contributed by atoms with van der Waals surface area (Å²) in [5.41, 5.74) is 4.87. The highest BCUT2D eigenvalue weighted by atomic mass is 32.2. The number of carbonyl (C=O) groups excluding carboxylic acids is 1. The fraction of sp³-hybridized carbons (Fsp3) is 0.280. The third kappa shape index (κ3) is 4.35. The summed E-state index contributed by atoms with van der Waals surface area (Å²) in [6.45, 7) is 5.86. The lowest BCUT2D eigenvalue weighted by atomic mass is 10.2. The molecule has 0 saturated heterocycles. The fourth-order valence-corrected chi connectivity index (χ4v) is 4.74. The van der Waals surface area contributed by atoms with Crippen molar-refractivity contribution in [1.29, 1.82) is 0 Å². The largest absolute Gasteiger partial charge is 0.322 e. The van der Waals surface area contributed by atoms with Gasteiger partial charge in [0.25, 0.3) is 0 Å². The number of aryl methyl sites for hydroxylation is 2. The van der Waals surface area contributed by atoms with Gasteiger partial charge in [0.15, 0.2) is 11.0 Å². The topological polar surface area (TPSA) is 77.6 Å². The van der Waals surface area contributed by atoms with Crippen molar-refractivity contribution in [3.05, 3.63) is 71.3 Å². The molecule has 0 atom stereocenters. The Morgan fingerprint density at radius 1 is 1.09 bits per heavy atom. The van der Waals surface area contributed by atoms with Crippen molar-refractivity contribution in [2.75, 3.05) is 11.1 Å². The predicted octanol–water partition coefficient (Wildman–Crippen LogP) is 5.26. The Hall–Kier alpha value is -3.46. The molecule has 5 rings (SSSR count). The smallest absolute Gasteiger partial charge is 0.234 e. The highest BCUT2D eigenvalue weighted by Gasteiger charge is 2.31. The lowest BCUT2D eigenvalue weighted by molar-refractivity contribution is -0.113. The van der Waals surface area contributed by atoms with E-state index in [2.05, 4.69) is 20.6 Å². The molecule has 34 heavy (non-hydrogen) atoms. The summed E-state index contributed by atoms with van der Waals surface area (Å²) in [4.78, 5) is 12.8. The van der Waals surface area contributed by atoms with E-state index in [1.165, 1.54) is 23.4 Å². The first kappa shape index (κ1) is 22.3. The van der Waals surface area contributed by atoms with Crippen LogP contribution in [0.5, 0.6) is 0 Å². The van der Waals surface area contributed by atoms with E-state index in [1.807, 2.05) is 54.3 Å². The van der Waals surface area contributed by atoms with Crippen LogP contribution in [0.15, 0.2) is 53.7 Å². The number of nitrogens with one attached hydrogen (secondary N) is 1. The van der Waals surface area contributed by atoms with Gasteiger partial charge in [0.1, 0.15) is 5.82 Å². The first-order valence-corrected chi connectivity index (χ1v) is 12.2. The maximum atomic E-state index is 14.4. The summed E-state index contributed by atoms with van der Waals surface area (Å²) < 4.78 is 18.2. The van der Waals surface area contributed by atoms with E-state index in [0.29, 0.717) is 22.2 Å². The second kappa shape index (κ2) is 9.06. The van der Waals surface area contributed by atoms with Crippen LogP contribution >= 0.6 is 11.8 Å². The molecule has 1 N–H and O–H groups in total. The molecule has 174 valence electrons. The van der Waals surface area contributed by atoms with Crippen LogP contribution in [0.4, 0.5) is 10.1 Å². The minimum atomic E-state index is -0.331. The summed E-state index contributed by atoms with van der Waals surface area (Å²) in [7, 11) is 0. The van der Waals surface area contributed by atoms with E-state index in [4.69, 9.17) is 0 Å². The van der Waals surface area contributed by atoms with E-state index < -0.39 is 0 Å². The van der Waals surface area contributed by atoms with Gasteiger partial charge in [-0.25, -0.2) is 9.07 Å². The predicted molar refractivity (Wildman–Crippen MR) is 131 cm³/mol. The van der Waals surface area contributed by atoms with Crippen molar-refractivity contribution < 1.29 is 9.18 Å². The third-order valence-corrected chi connectivity index (χ3v) is 6.80. The Labute approximate surface area is 201 Å². The number of anilines is 1. The number of aromatic nitrogens is 5. The second-order valence-electron chi connectivity index (χ2n) is 8.52. The van der Waals surface area contributed by atoms with Crippen LogP contribution in [0.3, 0.4) is 0 Å². The number of carbonyl (C=O) groups is 1. The van der Waals surface area contributed by atoms with Crippen LogP contribution in [0.25, 0.3) is 17.1 Å². The Morgan fingerprint density at radius 3 is 2.53 bits per heavy atom.